The fourth-order valence-electron chi connectivity index (χ4n) is 9.63. The first kappa shape index (κ1) is 70.2. The van der Waals surface area contributed by atoms with Crippen LogP contribution in [-0.4, -0.2) is 14.8 Å². The summed E-state index contributed by atoms with van der Waals surface area (Å²) in [5.41, 5.74) is 16.9. The molecule has 0 aliphatic rings. The van der Waals surface area contributed by atoms with Crippen LogP contribution >= 0.6 is 0 Å². The van der Waals surface area contributed by atoms with E-state index in [9.17, 15) is 30.3 Å². The molecular weight excluding hydrogens is 937 g/mol. The standard InChI is InChI=1S/C31H51N3O4.C31H53N3O2.CH4/c1-3-5-7-9-11-13-14-16-18-20-22-27(21-19-17-15-12-10-8-6-4-2)23-24-28-25-29(33(35)36)31(32)30(26-28)34(37)38;1-3-5-7-9-11-13-14-16-18-20-22-27(21-19-17-15-12-10-8-6-4-2)23-24-28-25-29(32)31(33)30(26-28)34(35)36;/h25-27H,3-22,32H2,1-2H3;25-27H,3-22,32-33H2,1-2H3;1H4. The van der Waals surface area contributed by atoms with Crippen molar-refractivity contribution < 1.29 is 14.8 Å². The molecule has 0 amide bonds. The maximum atomic E-state index is 11.3. The van der Waals surface area contributed by atoms with Gasteiger partial charge in [-0.2, -0.15) is 0 Å². The Bertz CT molecular complexity index is 1900. The number of unbranched alkanes of at least 4 members (excludes halogenated alkanes) is 32. The Morgan fingerprint density at radius 1 is 0.360 bits per heavy atom. The molecule has 2 rings (SSSR count). The highest BCUT2D eigenvalue weighted by Gasteiger charge is 2.24. The molecule has 426 valence electrons. The van der Waals surface area contributed by atoms with Gasteiger partial charge in [0, 0.05) is 41.2 Å². The van der Waals surface area contributed by atoms with E-state index in [1.165, 1.54) is 237 Å². The lowest BCUT2D eigenvalue weighted by Crippen LogP contribution is -2.02. The van der Waals surface area contributed by atoms with E-state index >= 15 is 0 Å². The van der Waals surface area contributed by atoms with Crippen molar-refractivity contribution in [3.63, 3.8) is 0 Å². The Morgan fingerprint density at radius 2 is 0.573 bits per heavy atom. The first-order valence-corrected chi connectivity index (χ1v) is 30.0. The van der Waals surface area contributed by atoms with Crippen molar-refractivity contribution in [2.24, 2.45) is 11.8 Å². The number of nitrogens with zero attached hydrogens (tertiary/aromatic N) is 3. The molecule has 12 heteroatoms. The molecule has 0 fully saturated rings. The van der Waals surface area contributed by atoms with Crippen LogP contribution in [0.4, 0.5) is 34.1 Å². The van der Waals surface area contributed by atoms with Gasteiger partial charge in [-0.15, -0.1) is 0 Å². The number of nitrogen functional groups attached to an aromatic ring is 3. The van der Waals surface area contributed by atoms with E-state index in [1.54, 1.807) is 6.07 Å². The van der Waals surface area contributed by atoms with Gasteiger partial charge >= 0.3 is 0 Å². The number of rotatable bonds is 43. The minimum atomic E-state index is -0.685. The number of nitro benzene ring substituents is 3. The summed E-state index contributed by atoms with van der Waals surface area (Å²) in [5.74, 6) is 13.4. The summed E-state index contributed by atoms with van der Waals surface area (Å²) in [4.78, 5) is 32.1. The monoisotopic (exact) mass is 1040 g/mol. The number of nitrogens with two attached hydrogens (primary N) is 3. The predicted octanol–water partition coefficient (Wildman–Crippen LogP) is 20.1. The summed E-state index contributed by atoms with van der Waals surface area (Å²) in [6.45, 7) is 9.00. The van der Waals surface area contributed by atoms with Gasteiger partial charge in [-0.1, -0.05) is 290 Å². The summed E-state index contributed by atoms with van der Waals surface area (Å²) >= 11 is 0. The molecule has 12 nitrogen and oxygen atoms in total. The zero-order valence-corrected chi connectivity index (χ0v) is 47.3. The number of hydrogen-bond acceptors (Lipinski definition) is 9. The smallest absolute Gasteiger partial charge is 0.300 e. The third-order valence-corrected chi connectivity index (χ3v) is 14.4. The minimum absolute atomic E-state index is 0. The van der Waals surface area contributed by atoms with Crippen LogP contribution in [0.2, 0.25) is 0 Å². The third-order valence-electron chi connectivity index (χ3n) is 14.4. The van der Waals surface area contributed by atoms with Crippen LogP contribution in [0.5, 0.6) is 0 Å². The number of nitro groups is 3. The van der Waals surface area contributed by atoms with Crippen LogP contribution in [0.25, 0.3) is 0 Å². The van der Waals surface area contributed by atoms with Crippen LogP contribution in [0.1, 0.15) is 303 Å². The highest BCUT2D eigenvalue weighted by molar-refractivity contribution is 5.76. The fourth-order valence-corrected chi connectivity index (χ4v) is 9.63. The van der Waals surface area contributed by atoms with Crippen LogP contribution in [0.15, 0.2) is 24.3 Å². The number of anilines is 3. The summed E-state index contributed by atoms with van der Waals surface area (Å²) in [7, 11) is 0. The second-order valence-electron chi connectivity index (χ2n) is 21.1. The average molecular weight is 1050 g/mol. The predicted molar refractivity (Wildman–Crippen MR) is 321 cm³/mol. The first-order chi connectivity index (χ1) is 35.9. The second-order valence-corrected chi connectivity index (χ2v) is 21.1. The highest BCUT2D eigenvalue weighted by Crippen LogP contribution is 2.33. The van der Waals surface area contributed by atoms with Crippen molar-refractivity contribution >= 4 is 34.1 Å². The van der Waals surface area contributed by atoms with Gasteiger partial charge in [0.25, 0.3) is 17.1 Å². The van der Waals surface area contributed by atoms with Gasteiger partial charge in [0.05, 0.1) is 20.5 Å². The molecule has 6 N–H and O–H groups in total. The van der Waals surface area contributed by atoms with Crippen LogP contribution < -0.4 is 17.2 Å². The van der Waals surface area contributed by atoms with Gasteiger partial charge in [-0.25, -0.2) is 0 Å². The zero-order chi connectivity index (χ0) is 54.4. The van der Waals surface area contributed by atoms with Gasteiger partial charge in [0.1, 0.15) is 5.69 Å². The van der Waals surface area contributed by atoms with Gasteiger partial charge < -0.3 is 17.2 Å². The Morgan fingerprint density at radius 3 is 0.813 bits per heavy atom. The molecule has 0 radical (unpaired) electrons. The molecule has 0 heterocycles. The summed E-state index contributed by atoms with van der Waals surface area (Å²) in [6.07, 6.45) is 50.9. The fraction of sp³-hybridized carbons (Fsp3) is 0.746. The lowest BCUT2D eigenvalue weighted by Gasteiger charge is -2.11. The van der Waals surface area contributed by atoms with Crippen molar-refractivity contribution in [3.8, 4) is 23.7 Å². The molecule has 0 aliphatic carbocycles. The second kappa shape index (κ2) is 47.6. The van der Waals surface area contributed by atoms with Gasteiger partial charge in [0.15, 0.2) is 5.69 Å². The van der Waals surface area contributed by atoms with Crippen LogP contribution in [-0.2, 0) is 0 Å². The maximum absolute atomic E-state index is 11.3. The summed E-state index contributed by atoms with van der Waals surface area (Å²) in [5, 5.41) is 34.0. The summed E-state index contributed by atoms with van der Waals surface area (Å²) < 4.78 is 0. The third kappa shape index (κ3) is 35.9. The van der Waals surface area contributed by atoms with E-state index in [0.29, 0.717) is 11.5 Å². The quantitative estimate of drug-likeness (QED) is 0.0189. The number of benzene rings is 2. The van der Waals surface area contributed by atoms with Crippen LogP contribution in [0, 0.1) is 65.9 Å². The first-order valence-electron chi connectivity index (χ1n) is 30.0. The SMILES string of the molecule is C.CCCCCCCCCCCCC(C#Cc1cc(N)c(N)c([N+](=O)[O-])c1)CCCCCCCCCC.CCCCCCCCCCCCC(C#Cc1cc([N+](=O)[O-])c(N)c([N+](=O)[O-])c1)CCCCCCCCCC. The topological polar surface area (TPSA) is 207 Å². The molecule has 2 aromatic carbocycles. The maximum Gasteiger partial charge on any atom is 0.300 e. The number of hydrogen-bond donors (Lipinski definition) is 3. The molecule has 2 atom stereocenters. The van der Waals surface area contributed by atoms with Crippen molar-refractivity contribution in [1.82, 2.24) is 0 Å². The van der Waals surface area contributed by atoms with Crippen molar-refractivity contribution in [3.05, 3.63) is 65.7 Å². The molecule has 0 aliphatic heterocycles. The molecule has 0 saturated heterocycles. The van der Waals surface area contributed by atoms with E-state index in [1.807, 2.05) is 0 Å². The van der Waals surface area contributed by atoms with Gasteiger partial charge in [0.2, 0.25) is 0 Å². The Hall–Kier alpha value is -4.84. The molecule has 75 heavy (non-hydrogen) atoms. The molecule has 0 spiro atoms. The minimum Gasteiger partial charge on any atom is -0.397 e. The molecule has 2 aromatic rings. The molecule has 2 unspecified atom stereocenters. The normalized spacial score (nSPS) is 11.5. The molecular formula is C63H108N6O6. The van der Waals surface area contributed by atoms with Gasteiger partial charge in [-0.05, 0) is 31.7 Å². The van der Waals surface area contributed by atoms with E-state index in [-0.39, 0.29) is 36.0 Å². The lowest BCUT2D eigenvalue weighted by molar-refractivity contribution is -0.392. The molecule has 0 saturated carbocycles. The average Bonchev–Trinajstić information content (AvgIpc) is 3.38. The lowest BCUT2D eigenvalue weighted by atomic mass is 9.94. The van der Waals surface area contributed by atoms with Crippen molar-refractivity contribution in [1.29, 1.82) is 0 Å². The molecule has 0 bridgehead atoms. The van der Waals surface area contributed by atoms with Gasteiger partial charge in [-0.3, -0.25) is 30.3 Å². The summed E-state index contributed by atoms with van der Waals surface area (Å²) in [6, 6.07) is 5.61. The van der Waals surface area contributed by atoms with E-state index < -0.39 is 31.8 Å². The van der Waals surface area contributed by atoms with E-state index in [0.717, 1.165) is 38.5 Å². The van der Waals surface area contributed by atoms with E-state index in [2.05, 4.69) is 51.4 Å². The van der Waals surface area contributed by atoms with Crippen molar-refractivity contribution in [2.75, 3.05) is 17.2 Å². The Kier molecular flexibility index (Phi) is 44.5. The zero-order valence-electron chi connectivity index (χ0n) is 47.3. The van der Waals surface area contributed by atoms with Crippen molar-refractivity contribution in [2.45, 2.75) is 292 Å². The largest absolute Gasteiger partial charge is 0.397 e. The van der Waals surface area contributed by atoms with Crippen LogP contribution in [0.3, 0.4) is 0 Å². The Balaban J connectivity index is 0.00000144. The molecule has 0 aromatic heterocycles. The Labute approximate surface area is 457 Å². The highest BCUT2D eigenvalue weighted by atomic mass is 16.6. The van der Waals surface area contributed by atoms with E-state index in [4.69, 9.17) is 17.2 Å².